The van der Waals surface area contributed by atoms with Crippen molar-refractivity contribution in [3.63, 3.8) is 0 Å². The number of nitrogens with zero attached hydrogens (tertiary/aromatic N) is 2. The number of hydrogen-bond donors (Lipinski definition) is 2. The molecule has 0 aliphatic rings. The van der Waals surface area contributed by atoms with Crippen LogP contribution < -0.4 is 16.2 Å². The van der Waals surface area contributed by atoms with Crippen molar-refractivity contribution in [1.29, 1.82) is 0 Å². The molecule has 0 aliphatic carbocycles. The highest BCUT2D eigenvalue weighted by Crippen LogP contribution is 2.02. The Hall–Kier alpha value is -1.36. The molecule has 0 bridgehead atoms. The van der Waals surface area contributed by atoms with Crippen LogP contribution in [0.5, 0.6) is 0 Å². The topological polar surface area (TPSA) is 75.0 Å². The zero-order valence-corrected chi connectivity index (χ0v) is 7.82. The molecular formula is C8H14N4O. The van der Waals surface area contributed by atoms with Crippen molar-refractivity contribution in [3.05, 3.63) is 22.7 Å². The molecule has 1 unspecified atom stereocenters. The van der Waals surface area contributed by atoms with E-state index in [-0.39, 0.29) is 11.6 Å². The van der Waals surface area contributed by atoms with Crippen LogP contribution >= 0.6 is 0 Å². The van der Waals surface area contributed by atoms with Gasteiger partial charge in [0.1, 0.15) is 0 Å². The van der Waals surface area contributed by atoms with Gasteiger partial charge in [-0.1, -0.05) is 0 Å². The lowest BCUT2D eigenvalue weighted by Crippen LogP contribution is -2.38. The predicted octanol–water partition coefficient (Wildman–Crippen LogP) is -0.447. The number of likely N-dealkylation sites (N-methyl/N-ethyl adjacent to an activating group) is 1. The standard InChI is InChI=1S/C8H14N4O/c1-6(5-9)12(2)7-8(13)11-4-3-10-7/h3-4,6H,5,9H2,1-2H3,(H,11,13). The Morgan fingerprint density at radius 3 is 3.00 bits per heavy atom. The minimum Gasteiger partial charge on any atom is -0.351 e. The summed E-state index contributed by atoms with van der Waals surface area (Å²) in [6.45, 7) is 2.43. The molecule has 0 aromatic carbocycles. The van der Waals surface area contributed by atoms with E-state index in [2.05, 4.69) is 9.97 Å². The summed E-state index contributed by atoms with van der Waals surface area (Å²) >= 11 is 0. The van der Waals surface area contributed by atoms with Gasteiger partial charge in [-0.25, -0.2) is 4.98 Å². The average molecular weight is 182 g/mol. The highest BCUT2D eigenvalue weighted by Gasteiger charge is 2.11. The Bertz CT molecular complexity index is 322. The monoisotopic (exact) mass is 182 g/mol. The first kappa shape index (κ1) is 9.73. The highest BCUT2D eigenvalue weighted by atomic mass is 16.1. The van der Waals surface area contributed by atoms with Crippen LogP contribution in [0.3, 0.4) is 0 Å². The van der Waals surface area contributed by atoms with E-state index < -0.39 is 0 Å². The molecule has 0 aliphatic heterocycles. The second-order valence-electron chi connectivity index (χ2n) is 2.94. The lowest BCUT2D eigenvalue weighted by atomic mass is 10.3. The first-order valence-electron chi connectivity index (χ1n) is 4.13. The zero-order valence-electron chi connectivity index (χ0n) is 7.82. The number of rotatable bonds is 3. The summed E-state index contributed by atoms with van der Waals surface area (Å²) in [7, 11) is 1.80. The molecule has 72 valence electrons. The minimum atomic E-state index is -0.190. The highest BCUT2D eigenvalue weighted by molar-refractivity contribution is 5.35. The van der Waals surface area contributed by atoms with Gasteiger partial charge in [0.15, 0.2) is 5.82 Å². The molecule has 5 heteroatoms. The lowest BCUT2D eigenvalue weighted by Gasteiger charge is -2.23. The van der Waals surface area contributed by atoms with Gasteiger partial charge in [-0.3, -0.25) is 4.79 Å². The van der Waals surface area contributed by atoms with Crippen molar-refractivity contribution >= 4 is 5.82 Å². The molecule has 5 nitrogen and oxygen atoms in total. The van der Waals surface area contributed by atoms with Gasteiger partial charge in [-0.05, 0) is 6.92 Å². The van der Waals surface area contributed by atoms with E-state index in [1.165, 1.54) is 6.20 Å². The van der Waals surface area contributed by atoms with Crippen molar-refractivity contribution < 1.29 is 0 Å². The van der Waals surface area contributed by atoms with Crippen LogP contribution in [-0.4, -0.2) is 29.6 Å². The van der Waals surface area contributed by atoms with E-state index in [1.807, 2.05) is 6.92 Å². The number of H-pyrrole nitrogens is 1. The Balaban J connectivity index is 2.95. The Morgan fingerprint density at radius 1 is 1.77 bits per heavy atom. The molecule has 1 atom stereocenters. The van der Waals surface area contributed by atoms with Gasteiger partial charge in [0.05, 0.1) is 0 Å². The van der Waals surface area contributed by atoms with Crippen LogP contribution in [0.15, 0.2) is 17.2 Å². The summed E-state index contributed by atoms with van der Waals surface area (Å²) in [5, 5.41) is 0. The van der Waals surface area contributed by atoms with Crippen LogP contribution in [0.25, 0.3) is 0 Å². The third kappa shape index (κ3) is 2.06. The van der Waals surface area contributed by atoms with E-state index in [1.54, 1.807) is 18.1 Å². The summed E-state index contributed by atoms with van der Waals surface area (Å²) < 4.78 is 0. The maximum atomic E-state index is 11.3. The maximum Gasteiger partial charge on any atom is 0.290 e. The molecule has 1 heterocycles. The van der Waals surface area contributed by atoms with Crippen molar-refractivity contribution in [2.24, 2.45) is 5.73 Å². The molecule has 3 N–H and O–H groups in total. The van der Waals surface area contributed by atoms with Crippen LogP contribution in [0, 0.1) is 0 Å². The summed E-state index contributed by atoms with van der Waals surface area (Å²) in [6, 6.07) is 0.107. The number of hydrogen-bond acceptors (Lipinski definition) is 4. The maximum absolute atomic E-state index is 11.3. The summed E-state index contributed by atoms with van der Waals surface area (Å²) in [6.07, 6.45) is 3.06. The molecule has 0 radical (unpaired) electrons. The molecule has 0 saturated heterocycles. The van der Waals surface area contributed by atoms with Crippen LogP contribution in [0.4, 0.5) is 5.82 Å². The minimum absolute atomic E-state index is 0.107. The van der Waals surface area contributed by atoms with Gasteiger partial charge in [0.25, 0.3) is 5.56 Å². The second-order valence-corrected chi connectivity index (χ2v) is 2.94. The molecule has 1 aromatic rings. The van der Waals surface area contributed by atoms with E-state index in [0.717, 1.165) is 0 Å². The van der Waals surface area contributed by atoms with E-state index in [0.29, 0.717) is 12.4 Å². The fourth-order valence-electron chi connectivity index (χ4n) is 0.962. The van der Waals surface area contributed by atoms with Crippen molar-refractivity contribution in [3.8, 4) is 0 Å². The number of aromatic amines is 1. The third-order valence-corrected chi connectivity index (χ3v) is 2.03. The van der Waals surface area contributed by atoms with Crippen molar-refractivity contribution in [2.45, 2.75) is 13.0 Å². The van der Waals surface area contributed by atoms with Crippen LogP contribution in [0.1, 0.15) is 6.92 Å². The first-order chi connectivity index (χ1) is 6.16. The van der Waals surface area contributed by atoms with Gasteiger partial charge >= 0.3 is 0 Å². The number of nitrogens with two attached hydrogens (primary N) is 1. The summed E-state index contributed by atoms with van der Waals surface area (Å²) in [5.74, 6) is 0.403. The average Bonchev–Trinajstić information content (AvgIpc) is 2.16. The quantitative estimate of drug-likeness (QED) is 0.664. The third-order valence-electron chi connectivity index (χ3n) is 2.03. The molecule has 0 saturated carbocycles. The number of nitrogens with one attached hydrogen (secondary N) is 1. The number of anilines is 1. The largest absolute Gasteiger partial charge is 0.351 e. The molecule has 0 fully saturated rings. The molecular weight excluding hydrogens is 168 g/mol. The predicted molar refractivity (Wildman–Crippen MR) is 51.8 cm³/mol. The van der Waals surface area contributed by atoms with Gasteiger partial charge < -0.3 is 15.6 Å². The van der Waals surface area contributed by atoms with Crippen molar-refractivity contribution in [2.75, 3.05) is 18.5 Å². The SMILES string of the molecule is CC(CN)N(C)c1ncc[nH]c1=O. The molecule has 1 aromatic heterocycles. The Labute approximate surface area is 76.6 Å². The Kier molecular flexibility index (Phi) is 3.02. The fourth-order valence-corrected chi connectivity index (χ4v) is 0.962. The Morgan fingerprint density at radius 2 is 2.46 bits per heavy atom. The molecule has 0 spiro atoms. The van der Waals surface area contributed by atoms with Crippen LogP contribution in [0.2, 0.25) is 0 Å². The normalized spacial score (nSPS) is 12.5. The van der Waals surface area contributed by atoms with E-state index in [4.69, 9.17) is 5.73 Å². The molecule has 1 rings (SSSR count). The van der Waals surface area contributed by atoms with E-state index in [9.17, 15) is 4.79 Å². The van der Waals surface area contributed by atoms with E-state index >= 15 is 0 Å². The second kappa shape index (κ2) is 4.04. The number of aromatic nitrogens is 2. The smallest absolute Gasteiger partial charge is 0.290 e. The van der Waals surface area contributed by atoms with Gasteiger partial charge in [-0.2, -0.15) is 0 Å². The lowest BCUT2D eigenvalue weighted by molar-refractivity contribution is 0.683. The summed E-state index contributed by atoms with van der Waals surface area (Å²) in [5.41, 5.74) is 5.29. The molecule has 0 amide bonds. The molecule has 13 heavy (non-hydrogen) atoms. The van der Waals surface area contributed by atoms with Gasteiger partial charge in [0.2, 0.25) is 0 Å². The van der Waals surface area contributed by atoms with Crippen molar-refractivity contribution in [1.82, 2.24) is 9.97 Å². The van der Waals surface area contributed by atoms with Gasteiger partial charge in [0, 0.05) is 32.0 Å². The fraction of sp³-hybridized carbons (Fsp3) is 0.500. The summed E-state index contributed by atoms with van der Waals surface area (Å²) in [4.78, 5) is 19.6. The first-order valence-corrected chi connectivity index (χ1v) is 4.13. The zero-order chi connectivity index (χ0) is 9.84. The van der Waals surface area contributed by atoms with Gasteiger partial charge in [-0.15, -0.1) is 0 Å². The van der Waals surface area contributed by atoms with Crippen LogP contribution in [-0.2, 0) is 0 Å².